The Balaban J connectivity index is 2.45. The molecule has 0 heterocycles. The summed E-state index contributed by atoms with van der Waals surface area (Å²) in [6.45, 7) is 0. The smallest absolute Gasteiger partial charge is 0.309 e. The lowest BCUT2D eigenvalue weighted by Crippen LogP contribution is -2.44. The van der Waals surface area contributed by atoms with Crippen LogP contribution < -0.4 is 0 Å². The fourth-order valence-electron chi connectivity index (χ4n) is 1.78. The molecule has 0 bridgehead atoms. The van der Waals surface area contributed by atoms with Crippen molar-refractivity contribution in [3.8, 4) is 0 Å². The highest BCUT2D eigenvalue weighted by atomic mass is 16.7. The summed E-state index contributed by atoms with van der Waals surface area (Å²) in [7, 11) is 0. The van der Waals surface area contributed by atoms with E-state index in [1.54, 1.807) is 0 Å². The van der Waals surface area contributed by atoms with Crippen LogP contribution in [0.25, 0.3) is 0 Å². The minimum atomic E-state index is -3.15. The van der Waals surface area contributed by atoms with E-state index in [9.17, 15) is 4.79 Å². The first kappa shape index (κ1) is 12.4. The average Bonchev–Trinajstić information content (AvgIpc) is 1.99. The molecule has 1 aliphatic carbocycles. The molecule has 0 radical (unpaired) electrons. The van der Waals surface area contributed by atoms with E-state index in [1.807, 2.05) is 0 Å². The number of carboxylic acid groups (broad SMARTS) is 1. The minimum absolute atomic E-state index is 0.132. The standard InChI is InChI=1S/C9H16O6/c10-6(9(13,14)15)2-5-8(7(11)12)3-1-4-8/h6,10,13-15H,1-5H2,(H,11,12). The third kappa shape index (κ3) is 2.66. The first-order valence-corrected chi connectivity index (χ1v) is 4.86. The van der Waals surface area contributed by atoms with Gasteiger partial charge in [-0.25, -0.2) is 0 Å². The minimum Gasteiger partial charge on any atom is -0.481 e. The van der Waals surface area contributed by atoms with E-state index in [-0.39, 0.29) is 12.8 Å². The fraction of sp³-hybridized carbons (Fsp3) is 0.889. The quantitative estimate of drug-likeness (QED) is 0.380. The second kappa shape index (κ2) is 4.05. The molecule has 1 rings (SSSR count). The molecule has 0 aromatic rings. The molecule has 1 atom stereocenters. The Morgan fingerprint density at radius 2 is 1.87 bits per heavy atom. The van der Waals surface area contributed by atoms with Crippen molar-refractivity contribution in [1.82, 2.24) is 0 Å². The molecule has 6 heteroatoms. The molecule has 6 nitrogen and oxygen atoms in total. The van der Waals surface area contributed by atoms with Gasteiger partial charge in [0.1, 0.15) is 6.10 Å². The van der Waals surface area contributed by atoms with Gasteiger partial charge in [0.2, 0.25) is 0 Å². The number of aliphatic carboxylic acids is 1. The van der Waals surface area contributed by atoms with Gasteiger partial charge in [0.05, 0.1) is 5.41 Å². The highest BCUT2D eigenvalue weighted by Gasteiger charge is 2.45. The Kier molecular flexibility index (Phi) is 3.34. The highest BCUT2D eigenvalue weighted by Crippen LogP contribution is 2.45. The number of carbonyl (C=O) groups is 1. The molecule has 88 valence electrons. The topological polar surface area (TPSA) is 118 Å². The van der Waals surface area contributed by atoms with Crippen LogP contribution in [0.15, 0.2) is 0 Å². The Bertz CT molecular complexity index is 239. The second-order valence-electron chi connectivity index (χ2n) is 4.18. The molecule has 15 heavy (non-hydrogen) atoms. The molecule has 0 aliphatic heterocycles. The van der Waals surface area contributed by atoms with E-state index in [2.05, 4.69) is 0 Å². The SMILES string of the molecule is O=C(O)C1(CCC(O)C(O)(O)O)CCC1. The Morgan fingerprint density at radius 3 is 2.13 bits per heavy atom. The maximum Gasteiger partial charge on any atom is 0.309 e. The average molecular weight is 220 g/mol. The van der Waals surface area contributed by atoms with Crippen molar-refractivity contribution in [2.45, 2.75) is 44.2 Å². The molecule has 1 aliphatic rings. The summed E-state index contributed by atoms with van der Waals surface area (Å²) in [5.74, 6) is -4.08. The molecule has 1 unspecified atom stereocenters. The van der Waals surface area contributed by atoms with E-state index in [4.69, 9.17) is 25.5 Å². The summed E-state index contributed by atoms with van der Waals surface area (Å²) in [4.78, 5) is 10.9. The second-order valence-corrected chi connectivity index (χ2v) is 4.18. The lowest BCUT2D eigenvalue weighted by Gasteiger charge is -2.38. The first-order valence-electron chi connectivity index (χ1n) is 4.86. The fourth-order valence-corrected chi connectivity index (χ4v) is 1.78. The maximum absolute atomic E-state index is 10.9. The lowest BCUT2D eigenvalue weighted by atomic mass is 9.66. The number of hydrogen-bond acceptors (Lipinski definition) is 5. The van der Waals surface area contributed by atoms with Crippen LogP contribution in [0.2, 0.25) is 0 Å². The number of rotatable bonds is 5. The van der Waals surface area contributed by atoms with Gasteiger partial charge in [0, 0.05) is 0 Å². The van der Waals surface area contributed by atoms with Gasteiger partial charge in [-0.2, -0.15) is 0 Å². The van der Waals surface area contributed by atoms with Gasteiger partial charge in [0.15, 0.2) is 0 Å². The van der Waals surface area contributed by atoms with E-state index in [0.29, 0.717) is 12.8 Å². The zero-order chi connectivity index (χ0) is 11.7. The van der Waals surface area contributed by atoms with Crippen LogP contribution in [-0.2, 0) is 4.79 Å². The Hall–Kier alpha value is -0.690. The Morgan fingerprint density at radius 1 is 1.33 bits per heavy atom. The highest BCUT2D eigenvalue weighted by molar-refractivity contribution is 5.75. The van der Waals surface area contributed by atoms with Crippen molar-refractivity contribution in [3.63, 3.8) is 0 Å². The van der Waals surface area contributed by atoms with Gasteiger partial charge in [0.25, 0.3) is 0 Å². The Labute approximate surface area is 86.8 Å². The molecule has 0 aromatic heterocycles. The number of carboxylic acids is 1. The third-order valence-corrected chi connectivity index (χ3v) is 3.11. The number of hydrogen-bond donors (Lipinski definition) is 5. The van der Waals surface area contributed by atoms with Gasteiger partial charge >= 0.3 is 11.9 Å². The van der Waals surface area contributed by atoms with Crippen LogP contribution in [0.5, 0.6) is 0 Å². The van der Waals surface area contributed by atoms with Crippen molar-refractivity contribution in [2.75, 3.05) is 0 Å². The molecule has 0 aromatic carbocycles. The predicted octanol–water partition coefficient (Wildman–Crippen LogP) is -0.987. The van der Waals surface area contributed by atoms with E-state index >= 15 is 0 Å². The predicted molar refractivity (Wildman–Crippen MR) is 48.5 cm³/mol. The molecule has 5 N–H and O–H groups in total. The summed E-state index contributed by atoms with van der Waals surface area (Å²) in [5.41, 5.74) is -0.855. The molecular formula is C9H16O6. The number of aliphatic hydroxyl groups is 4. The van der Waals surface area contributed by atoms with Gasteiger partial charge in [-0.1, -0.05) is 6.42 Å². The van der Waals surface area contributed by atoms with E-state index < -0.39 is 23.5 Å². The molecule has 0 amide bonds. The summed E-state index contributed by atoms with van der Waals surface area (Å²) < 4.78 is 0. The first-order chi connectivity index (χ1) is 6.78. The summed E-state index contributed by atoms with van der Waals surface area (Å²) >= 11 is 0. The van der Waals surface area contributed by atoms with Crippen LogP contribution in [-0.4, -0.2) is 43.6 Å². The molecule has 0 spiro atoms. The van der Waals surface area contributed by atoms with Crippen LogP contribution in [0.3, 0.4) is 0 Å². The van der Waals surface area contributed by atoms with Crippen molar-refractivity contribution in [2.24, 2.45) is 5.41 Å². The van der Waals surface area contributed by atoms with Gasteiger partial charge < -0.3 is 25.5 Å². The summed E-state index contributed by atoms with van der Waals surface area (Å²) in [6, 6.07) is 0. The zero-order valence-corrected chi connectivity index (χ0v) is 8.26. The van der Waals surface area contributed by atoms with Gasteiger partial charge in [-0.3, -0.25) is 4.79 Å². The van der Waals surface area contributed by atoms with Crippen molar-refractivity contribution in [1.29, 1.82) is 0 Å². The van der Waals surface area contributed by atoms with Crippen LogP contribution >= 0.6 is 0 Å². The van der Waals surface area contributed by atoms with Crippen LogP contribution in [0.4, 0.5) is 0 Å². The molecule has 1 saturated carbocycles. The number of aliphatic hydroxyl groups excluding tert-OH is 1. The normalized spacial score (nSPS) is 21.9. The van der Waals surface area contributed by atoms with Crippen molar-refractivity contribution < 1.29 is 30.3 Å². The maximum atomic E-state index is 10.9. The third-order valence-electron chi connectivity index (χ3n) is 3.11. The largest absolute Gasteiger partial charge is 0.481 e. The molecular weight excluding hydrogens is 204 g/mol. The summed E-state index contributed by atoms with van der Waals surface area (Å²) in [6.07, 6.45) is 0.122. The lowest BCUT2D eigenvalue weighted by molar-refractivity contribution is -0.356. The van der Waals surface area contributed by atoms with Crippen LogP contribution in [0.1, 0.15) is 32.1 Å². The zero-order valence-electron chi connectivity index (χ0n) is 8.26. The van der Waals surface area contributed by atoms with Crippen LogP contribution in [0, 0.1) is 5.41 Å². The van der Waals surface area contributed by atoms with E-state index in [1.165, 1.54) is 0 Å². The molecule has 1 fully saturated rings. The van der Waals surface area contributed by atoms with E-state index in [0.717, 1.165) is 6.42 Å². The van der Waals surface area contributed by atoms with Crippen molar-refractivity contribution in [3.05, 3.63) is 0 Å². The summed E-state index contributed by atoms with van der Waals surface area (Å²) in [5, 5.41) is 43.9. The monoisotopic (exact) mass is 220 g/mol. The molecule has 0 saturated heterocycles. The van der Waals surface area contributed by atoms with Gasteiger partial charge in [-0.05, 0) is 25.7 Å². The van der Waals surface area contributed by atoms with Gasteiger partial charge in [-0.15, -0.1) is 0 Å². The van der Waals surface area contributed by atoms with Crippen molar-refractivity contribution >= 4 is 5.97 Å².